The first-order valence-electron chi connectivity index (χ1n) is 11.0. The molecule has 1 amide bonds. The van der Waals surface area contributed by atoms with Crippen molar-refractivity contribution in [2.24, 2.45) is 0 Å². The molecule has 0 aliphatic rings. The number of carbonyl (C=O) groups is 1. The van der Waals surface area contributed by atoms with Crippen molar-refractivity contribution in [2.75, 3.05) is 11.9 Å². The minimum absolute atomic E-state index is 0.171. The number of benzene rings is 2. The largest absolute Gasteiger partial charge is 0.494 e. The first-order chi connectivity index (χ1) is 17.0. The van der Waals surface area contributed by atoms with E-state index in [1.165, 1.54) is 6.33 Å². The number of nitrogens with zero attached hydrogens (tertiary/aromatic N) is 6. The van der Waals surface area contributed by atoms with Gasteiger partial charge in [-0.25, -0.2) is 14.6 Å². The van der Waals surface area contributed by atoms with Crippen LogP contribution in [-0.2, 0) is 11.2 Å². The second-order valence-electron chi connectivity index (χ2n) is 7.86. The lowest BCUT2D eigenvalue weighted by atomic mass is 10.1. The summed E-state index contributed by atoms with van der Waals surface area (Å²) in [7, 11) is 0. The van der Waals surface area contributed by atoms with Crippen molar-refractivity contribution in [1.82, 2.24) is 29.5 Å². The maximum atomic E-state index is 12.8. The van der Waals surface area contributed by atoms with Gasteiger partial charge in [0.25, 0.3) is 0 Å². The second-order valence-corrected chi connectivity index (χ2v) is 8.29. The Kier molecular flexibility index (Phi) is 6.15. The summed E-state index contributed by atoms with van der Waals surface area (Å²) in [6, 6.07) is 16.6. The zero-order valence-corrected chi connectivity index (χ0v) is 19.9. The van der Waals surface area contributed by atoms with Gasteiger partial charge in [0.2, 0.25) is 5.91 Å². The van der Waals surface area contributed by atoms with Crippen LogP contribution in [0.15, 0.2) is 67.1 Å². The Balaban J connectivity index is 1.44. The highest BCUT2D eigenvalue weighted by molar-refractivity contribution is 6.30. The Morgan fingerprint density at radius 1 is 1.09 bits per heavy atom. The van der Waals surface area contributed by atoms with E-state index in [-0.39, 0.29) is 12.3 Å². The molecule has 3 aromatic heterocycles. The van der Waals surface area contributed by atoms with Gasteiger partial charge in [-0.15, -0.1) is 0 Å². The maximum Gasteiger partial charge on any atom is 0.229 e. The highest BCUT2D eigenvalue weighted by Crippen LogP contribution is 2.25. The Morgan fingerprint density at radius 3 is 2.69 bits per heavy atom. The molecule has 176 valence electrons. The number of anilines is 1. The molecule has 0 atom stereocenters. The van der Waals surface area contributed by atoms with Crippen molar-refractivity contribution < 1.29 is 9.53 Å². The monoisotopic (exact) mass is 487 g/mol. The van der Waals surface area contributed by atoms with Crippen LogP contribution >= 0.6 is 11.6 Å². The number of fused-ring (bicyclic) bond motifs is 1. The standard InChI is InChI=1S/C25H22ClN7O2/c1-3-35-20-9-7-17(8-10-20)12-23(34)30-22-11-16(2)31-33(22)25-21-14-29-32(24(21)27-15-28-25)19-6-4-5-18(26)13-19/h4-11,13-15H,3,12H2,1-2H3,(H,30,34). The van der Waals surface area contributed by atoms with Crippen LogP contribution in [-0.4, -0.2) is 42.0 Å². The molecule has 5 aromatic rings. The smallest absolute Gasteiger partial charge is 0.229 e. The molecule has 2 aromatic carbocycles. The number of aromatic nitrogens is 6. The molecule has 0 saturated heterocycles. The summed E-state index contributed by atoms with van der Waals surface area (Å²) in [6.07, 6.45) is 3.33. The lowest BCUT2D eigenvalue weighted by molar-refractivity contribution is -0.115. The first kappa shape index (κ1) is 22.5. The minimum Gasteiger partial charge on any atom is -0.494 e. The quantitative estimate of drug-likeness (QED) is 0.361. The van der Waals surface area contributed by atoms with Crippen LogP contribution in [0.5, 0.6) is 5.75 Å². The van der Waals surface area contributed by atoms with Crippen LogP contribution in [0.3, 0.4) is 0 Å². The predicted octanol–water partition coefficient (Wildman–Crippen LogP) is 4.54. The second kappa shape index (κ2) is 9.55. The average Bonchev–Trinajstić information content (AvgIpc) is 3.43. The molecule has 0 spiro atoms. The van der Waals surface area contributed by atoms with Crippen LogP contribution in [0.25, 0.3) is 22.5 Å². The Labute approximate surface area is 206 Å². The van der Waals surface area contributed by atoms with Gasteiger partial charge in [0.15, 0.2) is 11.5 Å². The van der Waals surface area contributed by atoms with Crippen molar-refractivity contribution in [3.63, 3.8) is 0 Å². The van der Waals surface area contributed by atoms with E-state index in [0.717, 1.165) is 22.7 Å². The fourth-order valence-electron chi connectivity index (χ4n) is 3.79. The average molecular weight is 488 g/mol. The molecule has 10 heteroatoms. The molecule has 0 aliphatic heterocycles. The molecule has 0 saturated carbocycles. The molecule has 0 aliphatic carbocycles. The molecule has 3 heterocycles. The summed E-state index contributed by atoms with van der Waals surface area (Å²) in [5.74, 6) is 1.62. The van der Waals surface area contributed by atoms with Crippen LogP contribution in [0, 0.1) is 6.92 Å². The minimum atomic E-state index is -0.171. The topological polar surface area (TPSA) is 99.8 Å². The number of carbonyl (C=O) groups excluding carboxylic acids is 1. The Hall–Kier alpha value is -4.24. The SMILES string of the molecule is CCOc1ccc(CC(=O)Nc2cc(C)nn2-c2ncnc3c2cnn3-c2cccc(Cl)c2)cc1. The third-order valence-electron chi connectivity index (χ3n) is 5.30. The van der Waals surface area contributed by atoms with Crippen LogP contribution in [0.4, 0.5) is 5.82 Å². The molecule has 0 fully saturated rings. The summed E-state index contributed by atoms with van der Waals surface area (Å²) in [4.78, 5) is 21.7. The lowest BCUT2D eigenvalue weighted by Gasteiger charge is -2.10. The number of hydrogen-bond acceptors (Lipinski definition) is 6. The summed E-state index contributed by atoms with van der Waals surface area (Å²) in [6.45, 7) is 4.38. The van der Waals surface area contributed by atoms with Crippen molar-refractivity contribution in [1.29, 1.82) is 0 Å². The number of amides is 1. The third-order valence-corrected chi connectivity index (χ3v) is 5.53. The van der Waals surface area contributed by atoms with E-state index >= 15 is 0 Å². The van der Waals surface area contributed by atoms with Gasteiger partial charge >= 0.3 is 0 Å². The molecule has 0 bridgehead atoms. The van der Waals surface area contributed by atoms with Crippen LogP contribution in [0.1, 0.15) is 18.2 Å². The number of hydrogen-bond donors (Lipinski definition) is 1. The van der Waals surface area contributed by atoms with E-state index in [0.29, 0.717) is 34.3 Å². The fourth-order valence-corrected chi connectivity index (χ4v) is 3.97. The van der Waals surface area contributed by atoms with E-state index in [1.807, 2.05) is 50.2 Å². The highest BCUT2D eigenvalue weighted by atomic mass is 35.5. The number of aryl methyl sites for hydroxylation is 1. The van der Waals surface area contributed by atoms with E-state index in [1.54, 1.807) is 33.8 Å². The first-order valence-corrected chi connectivity index (χ1v) is 11.4. The van der Waals surface area contributed by atoms with Gasteiger partial charge in [-0.05, 0) is 49.7 Å². The molecular weight excluding hydrogens is 466 g/mol. The van der Waals surface area contributed by atoms with Gasteiger partial charge in [-0.1, -0.05) is 29.8 Å². The van der Waals surface area contributed by atoms with E-state index in [4.69, 9.17) is 16.3 Å². The Morgan fingerprint density at radius 2 is 1.91 bits per heavy atom. The number of rotatable bonds is 7. The molecule has 5 rings (SSSR count). The van der Waals surface area contributed by atoms with Gasteiger partial charge in [0, 0.05) is 11.1 Å². The van der Waals surface area contributed by atoms with Crippen LogP contribution in [0.2, 0.25) is 5.02 Å². The third kappa shape index (κ3) is 4.71. The number of halogens is 1. The predicted molar refractivity (Wildman–Crippen MR) is 133 cm³/mol. The van der Waals surface area contributed by atoms with Gasteiger partial charge in [-0.2, -0.15) is 14.9 Å². The summed E-state index contributed by atoms with van der Waals surface area (Å²) in [5.41, 5.74) is 2.98. The van der Waals surface area contributed by atoms with E-state index in [2.05, 4.69) is 25.5 Å². The van der Waals surface area contributed by atoms with E-state index < -0.39 is 0 Å². The molecule has 0 radical (unpaired) electrons. The molecule has 1 N–H and O–H groups in total. The number of ether oxygens (including phenoxy) is 1. The molecule has 9 nitrogen and oxygen atoms in total. The normalized spacial score (nSPS) is 11.1. The van der Waals surface area contributed by atoms with E-state index in [9.17, 15) is 4.79 Å². The highest BCUT2D eigenvalue weighted by Gasteiger charge is 2.18. The lowest BCUT2D eigenvalue weighted by Crippen LogP contribution is -2.17. The van der Waals surface area contributed by atoms with Crippen molar-refractivity contribution in [3.05, 3.63) is 83.4 Å². The molecular formula is C25H22ClN7O2. The molecule has 0 unspecified atom stereocenters. The van der Waals surface area contributed by atoms with Crippen molar-refractivity contribution in [2.45, 2.75) is 20.3 Å². The van der Waals surface area contributed by atoms with Crippen LogP contribution < -0.4 is 10.1 Å². The zero-order valence-electron chi connectivity index (χ0n) is 19.1. The zero-order chi connectivity index (χ0) is 24.4. The number of nitrogens with one attached hydrogen (secondary N) is 1. The van der Waals surface area contributed by atoms with Gasteiger partial charge < -0.3 is 10.1 Å². The van der Waals surface area contributed by atoms with Gasteiger partial charge in [0.05, 0.1) is 36.0 Å². The summed E-state index contributed by atoms with van der Waals surface area (Å²) in [5, 5.41) is 13.3. The molecule has 35 heavy (non-hydrogen) atoms. The van der Waals surface area contributed by atoms with Gasteiger partial charge in [-0.3, -0.25) is 4.79 Å². The summed E-state index contributed by atoms with van der Waals surface area (Å²) < 4.78 is 8.75. The Bertz CT molecular complexity index is 1510. The maximum absolute atomic E-state index is 12.8. The van der Waals surface area contributed by atoms with Crippen molar-refractivity contribution in [3.8, 4) is 17.3 Å². The fraction of sp³-hybridized carbons (Fsp3) is 0.160. The van der Waals surface area contributed by atoms with Gasteiger partial charge in [0.1, 0.15) is 17.9 Å². The summed E-state index contributed by atoms with van der Waals surface area (Å²) >= 11 is 6.16. The van der Waals surface area contributed by atoms with Crippen molar-refractivity contribution >= 4 is 34.4 Å².